The largest absolute Gasteiger partial charge is 0.508 e. The van der Waals surface area contributed by atoms with Gasteiger partial charge in [0.05, 0.1) is 12.7 Å². The van der Waals surface area contributed by atoms with Gasteiger partial charge in [0.15, 0.2) is 18.7 Å². The summed E-state index contributed by atoms with van der Waals surface area (Å²) in [5.41, 5.74) is 1.07. The van der Waals surface area contributed by atoms with E-state index in [9.17, 15) is 45.8 Å². The standard InChI is InChI=1S/C29H33NO13/c30-12-18(16-4-2-1-3-5-16)41-29-27(38)25(36)23(34)20(43-29)14-40-28-26(37)24(35)22(33)19(42-28)13-39-21(32)11-8-15-6-9-17(31)10-7-15/h1-11,18-20,22-29,31,33-38H,13-14H2/b11-8+/t18-,19+,20+,22+,23+,24-,25-,26+,27+,28+,29+/m0/s1. The molecule has 2 aromatic carbocycles. The van der Waals surface area contributed by atoms with Crippen LogP contribution in [0.4, 0.5) is 0 Å². The molecule has 232 valence electrons. The number of rotatable bonds is 10. The van der Waals surface area contributed by atoms with Crippen molar-refractivity contribution in [1.82, 2.24) is 0 Å². The third-order valence-corrected chi connectivity index (χ3v) is 6.95. The molecule has 0 saturated carbocycles. The van der Waals surface area contributed by atoms with Crippen molar-refractivity contribution in [3.63, 3.8) is 0 Å². The van der Waals surface area contributed by atoms with Crippen LogP contribution in [0.1, 0.15) is 17.2 Å². The number of esters is 1. The minimum atomic E-state index is -1.77. The van der Waals surface area contributed by atoms with Crippen molar-refractivity contribution in [3.8, 4) is 11.8 Å². The van der Waals surface area contributed by atoms with E-state index in [2.05, 4.69) is 0 Å². The number of nitriles is 1. The number of phenolic OH excluding ortho intramolecular Hbond substituents is 1. The maximum Gasteiger partial charge on any atom is 0.330 e. The van der Waals surface area contributed by atoms with E-state index in [1.165, 1.54) is 18.2 Å². The predicted octanol–water partition coefficient (Wildman–Crippen LogP) is -1.14. The summed E-state index contributed by atoms with van der Waals surface area (Å²) in [6, 6.07) is 16.3. The quantitative estimate of drug-likeness (QED) is 0.126. The van der Waals surface area contributed by atoms with Crippen molar-refractivity contribution in [2.45, 2.75) is 67.5 Å². The first kappa shape index (κ1) is 32.5. The SMILES string of the molecule is N#C[C@H](O[C@@H]1O[C@H](CO[C@@H]2O[C@H](COC(=O)/C=C/c3ccc(O)cc3)[C@@H](O)[C@H](O)[C@H]2O)[C@@H](O)[C@H](O)[C@H]1O)c1ccccc1. The lowest BCUT2D eigenvalue weighted by Crippen LogP contribution is -2.62. The van der Waals surface area contributed by atoms with Crippen LogP contribution in [0.5, 0.6) is 5.75 Å². The molecule has 14 nitrogen and oxygen atoms in total. The lowest BCUT2D eigenvalue weighted by Gasteiger charge is -2.43. The van der Waals surface area contributed by atoms with Crippen molar-refractivity contribution in [1.29, 1.82) is 5.26 Å². The van der Waals surface area contributed by atoms with Crippen LogP contribution in [0.2, 0.25) is 0 Å². The zero-order valence-corrected chi connectivity index (χ0v) is 22.6. The first-order valence-electron chi connectivity index (χ1n) is 13.3. The molecular formula is C29H33NO13. The number of aliphatic hydroxyl groups is 6. The number of carbonyl (C=O) groups is 1. The average molecular weight is 604 g/mol. The fraction of sp³-hybridized carbons (Fsp3) is 0.448. The topological polar surface area (TPSA) is 229 Å². The van der Waals surface area contributed by atoms with Gasteiger partial charge in [-0.05, 0) is 29.3 Å². The van der Waals surface area contributed by atoms with Crippen LogP contribution in [0, 0.1) is 11.3 Å². The Kier molecular flexibility index (Phi) is 11.2. The first-order chi connectivity index (χ1) is 20.6. The second kappa shape index (κ2) is 14.8. The minimum Gasteiger partial charge on any atom is -0.508 e. The molecule has 0 radical (unpaired) electrons. The Balaban J connectivity index is 1.34. The van der Waals surface area contributed by atoms with Gasteiger partial charge in [-0.15, -0.1) is 0 Å². The highest BCUT2D eigenvalue weighted by Crippen LogP contribution is 2.29. The first-order valence-corrected chi connectivity index (χ1v) is 13.3. The van der Waals surface area contributed by atoms with Crippen LogP contribution in [-0.4, -0.2) is 116 Å². The van der Waals surface area contributed by atoms with E-state index in [0.29, 0.717) is 11.1 Å². The molecule has 2 heterocycles. The zero-order valence-electron chi connectivity index (χ0n) is 22.6. The number of carbonyl (C=O) groups excluding carboxylic acids is 1. The molecule has 14 heteroatoms. The molecule has 2 saturated heterocycles. The highest BCUT2D eigenvalue weighted by molar-refractivity contribution is 5.87. The number of phenols is 1. The molecule has 2 aliphatic rings. The van der Waals surface area contributed by atoms with Gasteiger partial charge in [0.25, 0.3) is 0 Å². The van der Waals surface area contributed by atoms with Gasteiger partial charge in [-0.3, -0.25) is 0 Å². The highest BCUT2D eigenvalue weighted by atomic mass is 16.7. The van der Waals surface area contributed by atoms with E-state index in [4.69, 9.17) is 23.7 Å². The molecule has 0 amide bonds. The zero-order chi connectivity index (χ0) is 31.1. The summed E-state index contributed by atoms with van der Waals surface area (Å²) < 4.78 is 27.3. The summed E-state index contributed by atoms with van der Waals surface area (Å²) in [4.78, 5) is 12.1. The number of aromatic hydroxyl groups is 1. The predicted molar refractivity (Wildman–Crippen MR) is 143 cm³/mol. The Morgan fingerprint density at radius 2 is 1.40 bits per heavy atom. The van der Waals surface area contributed by atoms with E-state index in [-0.39, 0.29) is 5.75 Å². The monoisotopic (exact) mass is 603 g/mol. The van der Waals surface area contributed by atoms with Crippen LogP contribution in [0.3, 0.4) is 0 Å². The third-order valence-electron chi connectivity index (χ3n) is 6.95. The van der Waals surface area contributed by atoms with Gasteiger partial charge in [0, 0.05) is 6.08 Å². The molecule has 0 bridgehead atoms. The van der Waals surface area contributed by atoms with Crippen molar-refractivity contribution in [2.75, 3.05) is 13.2 Å². The molecule has 2 aromatic rings. The molecule has 0 unspecified atom stereocenters. The smallest absolute Gasteiger partial charge is 0.330 e. The normalized spacial score (nSPS) is 33.5. The Bertz CT molecular complexity index is 1250. The fourth-order valence-electron chi connectivity index (χ4n) is 4.46. The van der Waals surface area contributed by atoms with Gasteiger partial charge in [-0.1, -0.05) is 42.5 Å². The maximum absolute atomic E-state index is 12.1. The number of hydrogen-bond acceptors (Lipinski definition) is 14. The van der Waals surface area contributed by atoms with E-state index in [1.54, 1.807) is 42.5 Å². The Morgan fingerprint density at radius 3 is 2.02 bits per heavy atom. The molecular weight excluding hydrogens is 570 g/mol. The molecule has 2 aliphatic heterocycles. The minimum absolute atomic E-state index is 0.0582. The summed E-state index contributed by atoms with van der Waals surface area (Å²) in [7, 11) is 0. The van der Waals surface area contributed by atoms with E-state index in [0.717, 1.165) is 6.08 Å². The maximum atomic E-state index is 12.1. The number of ether oxygens (including phenoxy) is 5. The second-order valence-electron chi connectivity index (χ2n) is 9.97. The van der Waals surface area contributed by atoms with Crippen LogP contribution in [-0.2, 0) is 28.5 Å². The number of hydrogen-bond donors (Lipinski definition) is 7. The molecule has 0 spiro atoms. The highest BCUT2D eigenvalue weighted by Gasteiger charge is 2.48. The summed E-state index contributed by atoms with van der Waals surface area (Å²) in [6.07, 6.45) is -14.8. The van der Waals surface area contributed by atoms with Crippen molar-refractivity contribution in [2.24, 2.45) is 0 Å². The summed E-state index contributed by atoms with van der Waals surface area (Å²) >= 11 is 0. The molecule has 0 aromatic heterocycles. The van der Waals surface area contributed by atoms with Crippen molar-refractivity contribution < 1.29 is 64.2 Å². The second-order valence-corrected chi connectivity index (χ2v) is 9.97. The van der Waals surface area contributed by atoms with Gasteiger partial charge in [-0.2, -0.15) is 5.26 Å². The van der Waals surface area contributed by atoms with E-state index < -0.39 is 86.7 Å². The van der Waals surface area contributed by atoms with Crippen LogP contribution >= 0.6 is 0 Å². The van der Waals surface area contributed by atoms with Gasteiger partial charge < -0.3 is 59.4 Å². The average Bonchev–Trinajstić information content (AvgIpc) is 3.02. The summed E-state index contributed by atoms with van der Waals surface area (Å²) in [6.45, 7) is -1.08. The molecule has 2 fully saturated rings. The lowest BCUT2D eigenvalue weighted by molar-refractivity contribution is -0.334. The molecule has 4 rings (SSSR count). The number of nitrogens with zero attached hydrogens (tertiary/aromatic N) is 1. The van der Waals surface area contributed by atoms with Crippen molar-refractivity contribution in [3.05, 3.63) is 71.8 Å². The molecule has 11 atom stereocenters. The number of benzene rings is 2. The lowest BCUT2D eigenvalue weighted by atomic mass is 9.98. The van der Waals surface area contributed by atoms with Crippen LogP contribution < -0.4 is 0 Å². The third kappa shape index (κ3) is 8.13. The Labute approximate surface area is 246 Å². The van der Waals surface area contributed by atoms with Gasteiger partial charge in [0.2, 0.25) is 0 Å². The fourth-order valence-corrected chi connectivity index (χ4v) is 4.46. The van der Waals surface area contributed by atoms with Gasteiger partial charge in [0.1, 0.15) is 61.2 Å². The van der Waals surface area contributed by atoms with Crippen LogP contribution in [0.15, 0.2) is 60.7 Å². The van der Waals surface area contributed by atoms with Crippen molar-refractivity contribution >= 4 is 12.0 Å². The van der Waals surface area contributed by atoms with Gasteiger partial charge in [-0.25, -0.2) is 4.79 Å². The summed E-state index contributed by atoms with van der Waals surface area (Å²) in [5, 5.41) is 81.2. The van der Waals surface area contributed by atoms with Crippen LogP contribution in [0.25, 0.3) is 6.08 Å². The van der Waals surface area contributed by atoms with Gasteiger partial charge >= 0.3 is 5.97 Å². The Hall–Kier alpha value is -3.46. The van der Waals surface area contributed by atoms with E-state index >= 15 is 0 Å². The Morgan fingerprint density at radius 1 is 0.814 bits per heavy atom. The van der Waals surface area contributed by atoms with E-state index in [1.807, 2.05) is 6.07 Å². The molecule has 7 N–H and O–H groups in total. The number of aliphatic hydroxyl groups excluding tert-OH is 6. The molecule has 43 heavy (non-hydrogen) atoms. The molecule has 0 aliphatic carbocycles. The summed E-state index contributed by atoms with van der Waals surface area (Å²) in [5.74, 6) is -0.742.